The molecule has 1 aromatic carbocycles. The summed E-state index contributed by atoms with van der Waals surface area (Å²) in [5.74, 6) is 1.28. The first-order valence-electron chi connectivity index (χ1n) is 10.5. The number of anilines is 2. The summed E-state index contributed by atoms with van der Waals surface area (Å²) < 4.78 is 5.49. The summed E-state index contributed by atoms with van der Waals surface area (Å²) in [4.78, 5) is 14.6. The summed E-state index contributed by atoms with van der Waals surface area (Å²) in [7, 11) is 2.20. The van der Waals surface area contributed by atoms with Gasteiger partial charge in [0.15, 0.2) is 5.65 Å². The van der Waals surface area contributed by atoms with Crippen molar-refractivity contribution >= 4 is 28.4 Å². The lowest BCUT2D eigenvalue weighted by Gasteiger charge is -2.31. The molecule has 1 aliphatic rings. The van der Waals surface area contributed by atoms with E-state index in [1.54, 1.807) is 0 Å². The zero-order valence-electron chi connectivity index (χ0n) is 17.9. The molecule has 0 radical (unpaired) electrons. The molecule has 30 heavy (non-hydrogen) atoms. The topological polar surface area (TPSA) is 92.1 Å². The quantitative estimate of drug-likeness (QED) is 0.574. The minimum atomic E-state index is 0.467. The van der Waals surface area contributed by atoms with Crippen molar-refractivity contribution < 1.29 is 4.74 Å². The van der Waals surface area contributed by atoms with Crippen molar-refractivity contribution in [3.05, 3.63) is 53.4 Å². The largest absolute Gasteiger partial charge is 0.384 e. The third-order valence-electron chi connectivity index (χ3n) is 5.62. The molecule has 3 heterocycles. The number of hydrogen-bond acceptors (Lipinski definition) is 6. The molecule has 2 aromatic heterocycles. The monoisotopic (exact) mass is 406 g/mol. The van der Waals surface area contributed by atoms with Crippen molar-refractivity contribution in [1.29, 1.82) is 0 Å². The maximum absolute atomic E-state index is 6.04. The smallest absolute Gasteiger partial charge is 0.160 e. The third kappa shape index (κ3) is 4.47. The Labute approximate surface area is 177 Å². The van der Waals surface area contributed by atoms with Crippen LogP contribution in [0, 0.1) is 6.92 Å². The van der Waals surface area contributed by atoms with Gasteiger partial charge in [0, 0.05) is 42.7 Å². The number of nitrogens with one attached hydrogen (secondary N) is 2. The van der Waals surface area contributed by atoms with Gasteiger partial charge >= 0.3 is 0 Å². The average molecular weight is 407 g/mol. The lowest BCUT2D eigenvalue weighted by molar-refractivity contribution is 0.0407. The summed E-state index contributed by atoms with van der Waals surface area (Å²) in [5, 5.41) is 3.55. The molecule has 3 aromatic rings. The highest BCUT2D eigenvalue weighted by Crippen LogP contribution is 2.27. The Morgan fingerprint density at radius 2 is 2.10 bits per heavy atom. The van der Waals surface area contributed by atoms with Crippen LogP contribution in [0.2, 0.25) is 0 Å². The summed E-state index contributed by atoms with van der Waals surface area (Å²) in [6.45, 7) is 6.56. The van der Waals surface area contributed by atoms with Gasteiger partial charge in [0.2, 0.25) is 0 Å². The Morgan fingerprint density at radius 1 is 1.30 bits per heavy atom. The number of rotatable bonds is 6. The average Bonchev–Trinajstić information content (AvgIpc) is 3.12. The molecule has 0 atom stereocenters. The van der Waals surface area contributed by atoms with E-state index in [0.717, 1.165) is 60.9 Å². The number of benzene rings is 1. The highest BCUT2D eigenvalue weighted by molar-refractivity contribution is 5.92. The fourth-order valence-corrected chi connectivity index (χ4v) is 4.07. The summed E-state index contributed by atoms with van der Waals surface area (Å²) >= 11 is 0. The van der Waals surface area contributed by atoms with Crippen LogP contribution < -0.4 is 11.1 Å². The van der Waals surface area contributed by atoms with Crippen molar-refractivity contribution in [3.63, 3.8) is 0 Å². The van der Waals surface area contributed by atoms with Gasteiger partial charge in [-0.3, -0.25) is 4.90 Å². The van der Waals surface area contributed by atoms with E-state index in [2.05, 4.69) is 56.5 Å². The van der Waals surface area contributed by atoms with Gasteiger partial charge in [-0.05, 0) is 57.5 Å². The predicted molar refractivity (Wildman–Crippen MR) is 122 cm³/mol. The second-order valence-electron chi connectivity index (χ2n) is 7.90. The molecule has 0 unspecified atom stereocenters. The molecule has 1 fully saturated rings. The van der Waals surface area contributed by atoms with Crippen molar-refractivity contribution in [2.24, 2.45) is 0 Å². The number of aromatic amines is 1. The first-order valence-corrected chi connectivity index (χ1v) is 10.5. The van der Waals surface area contributed by atoms with E-state index < -0.39 is 0 Å². The maximum Gasteiger partial charge on any atom is 0.160 e. The van der Waals surface area contributed by atoms with Gasteiger partial charge in [-0.1, -0.05) is 18.2 Å². The number of pyridine rings is 1. The number of nitrogens with two attached hydrogens (primary N) is 1. The van der Waals surface area contributed by atoms with Gasteiger partial charge in [-0.2, -0.15) is 0 Å². The first-order chi connectivity index (χ1) is 14.5. The molecule has 0 amide bonds. The van der Waals surface area contributed by atoms with E-state index in [0.29, 0.717) is 17.5 Å². The highest BCUT2D eigenvalue weighted by atomic mass is 16.5. The minimum Gasteiger partial charge on any atom is -0.384 e. The molecule has 1 aliphatic heterocycles. The summed E-state index contributed by atoms with van der Waals surface area (Å²) in [6, 6.07) is 11.0. The van der Waals surface area contributed by atoms with Crippen LogP contribution in [0.3, 0.4) is 0 Å². The number of nitrogens with zero attached hydrogens (tertiary/aromatic N) is 3. The number of aryl methyl sites for hydroxylation is 1. The van der Waals surface area contributed by atoms with Gasteiger partial charge < -0.3 is 20.8 Å². The van der Waals surface area contributed by atoms with Gasteiger partial charge in [-0.15, -0.1) is 0 Å². The molecule has 158 valence electrons. The van der Waals surface area contributed by atoms with E-state index in [-0.39, 0.29) is 0 Å². The molecule has 4 N–H and O–H groups in total. The van der Waals surface area contributed by atoms with E-state index in [1.807, 2.05) is 26.0 Å². The number of ether oxygens (including phenoxy) is 1. The van der Waals surface area contributed by atoms with Crippen LogP contribution in [0.1, 0.15) is 36.7 Å². The molecule has 7 nitrogen and oxygen atoms in total. The number of nitrogen functional groups attached to an aromatic ring is 1. The Morgan fingerprint density at radius 3 is 2.87 bits per heavy atom. The molecule has 0 saturated carbocycles. The van der Waals surface area contributed by atoms with E-state index in [4.69, 9.17) is 10.5 Å². The van der Waals surface area contributed by atoms with Crippen molar-refractivity contribution in [1.82, 2.24) is 19.9 Å². The first kappa shape index (κ1) is 20.4. The SMILES string of the molecule is C/C=C(\Nc1cccc(CN(C)C2CCOCC2)c1)c1cc(N)nc2[nH]c(C)nc12. The van der Waals surface area contributed by atoms with Gasteiger partial charge in [0.1, 0.15) is 17.2 Å². The number of fused-ring (bicyclic) bond motifs is 1. The molecule has 4 rings (SSSR count). The van der Waals surface area contributed by atoms with Crippen LogP contribution in [0.25, 0.3) is 16.9 Å². The van der Waals surface area contributed by atoms with Gasteiger partial charge in [0.05, 0.1) is 0 Å². The normalized spacial score (nSPS) is 15.8. The van der Waals surface area contributed by atoms with Crippen LogP contribution in [-0.4, -0.2) is 46.2 Å². The highest BCUT2D eigenvalue weighted by Gasteiger charge is 2.18. The van der Waals surface area contributed by atoms with E-state index in [9.17, 15) is 0 Å². The van der Waals surface area contributed by atoms with Gasteiger partial charge in [-0.25, -0.2) is 9.97 Å². The Balaban J connectivity index is 1.54. The summed E-state index contributed by atoms with van der Waals surface area (Å²) in [6.07, 6.45) is 4.23. The standard InChI is InChI=1S/C23H30N6O/c1-4-20(19-13-21(24)28-23-22(19)25-15(2)26-23)27-17-7-5-6-16(12-17)14-29(3)18-8-10-30-11-9-18/h4-7,12-13,18,27H,8-11,14H2,1-3H3,(H3,24,25,26,28)/b20-4-. The van der Waals surface area contributed by atoms with Crippen LogP contribution >= 0.6 is 0 Å². The van der Waals surface area contributed by atoms with Crippen LogP contribution in [-0.2, 0) is 11.3 Å². The maximum atomic E-state index is 6.04. The van der Waals surface area contributed by atoms with Crippen LogP contribution in [0.5, 0.6) is 0 Å². The fraction of sp³-hybridized carbons (Fsp3) is 0.391. The summed E-state index contributed by atoms with van der Waals surface area (Å²) in [5.41, 5.74) is 11.8. The molecular weight excluding hydrogens is 376 g/mol. The number of hydrogen-bond donors (Lipinski definition) is 3. The van der Waals surface area contributed by atoms with Crippen LogP contribution in [0.15, 0.2) is 36.4 Å². The molecule has 7 heteroatoms. The van der Waals surface area contributed by atoms with E-state index in [1.165, 1.54) is 5.56 Å². The minimum absolute atomic E-state index is 0.467. The zero-order chi connectivity index (χ0) is 21.1. The fourth-order valence-electron chi connectivity index (χ4n) is 4.07. The Kier molecular flexibility index (Phi) is 6.01. The predicted octanol–water partition coefficient (Wildman–Crippen LogP) is 3.93. The second-order valence-corrected chi connectivity index (χ2v) is 7.90. The van der Waals surface area contributed by atoms with Gasteiger partial charge in [0.25, 0.3) is 0 Å². The number of aromatic nitrogens is 3. The number of H-pyrrole nitrogens is 1. The van der Waals surface area contributed by atoms with Crippen LogP contribution in [0.4, 0.5) is 11.5 Å². The van der Waals surface area contributed by atoms with Crippen molar-refractivity contribution in [2.45, 2.75) is 39.3 Å². The molecule has 0 aliphatic carbocycles. The number of imidazole rings is 1. The molecular formula is C23H30N6O. The van der Waals surface area contributed by atoms with Crippen molar-refractivity contribution in [2.75, 3.05) is 31.3 Å². The van der Waals surface area contributed by atoms with E-state index >= 15 is 0 Å². The zero-order valence-corrected chi connectivity index (χ0v) is 17.9. The third-order valence-corrected chi connectivity index (χ3v) is 5.62. The number of allylic oxidation sites excluding steroid dienone is 1. The van der Waals surface area contributed by atoms with Crippen molar-refractivity contribution in [3.8, 4) is 0 Å². The molecule has 0 spiro atoms. The lowest BCUT2D eigenvalue weighted by Crippen LogP contribution is -2.36. The second kappa shape index (κ2) is 8.85. The Hall–Kier alpha value is -2.90. The lowest BCUT2D eigenvalue weighted by atomic mass is 10.1. The molecule has 1 saturated heterocycles. The molecule has 0 bridgehead atoms. The Bertz CT molecular complexity index is 1050.